The molecule has 0 atom stereocenters. The molecule has 1 aromatic rings. The number of rotatable bonds is 2. The van der Waals surface area contributed by atoms with Crippen molar-refractivity contribution < 1.29 is 11.0 Å². The Bertz CT molecular complexity index is 325. The van der Waals surface area contributed by atoms with Crippen LogP contribution in [0.2, 0.25) is 0 Å². The van der Waals surface area contributed by atoms with E-state index in [1.807, 2.05) is 0 Å². The fourth-order valence-electron chi connectivity index (χ4n) is 0.864. The third-order valence-corrected chi connectivity index (χ3v) is 1.36. The zero-order valence-electron chi connectivity index (χ0n) is 7.41. The average Bonchev–Trinajstić information content (AvgIpc) is 2.18. The van der Waals surface area contributed by atoms with Gasteiger partial charge in [-0.2, -0.15) is 0 Å². The molecule has 0 fully saturated rings. The summed E-state index contributed by atoms with van der Waals surface area (Å²) in [7, 11) is 0. The molecule has 0 aliphatic rings. The van der Waals surface area contributed by atoms with Crippen molar-refractivity contribution in [1.29, 1.82) is 0 Å². The molecule has 0 aliphatic carbocycles. The van der Waals surface area contributed by atoms with E-state index in [4.69, 9.17) is 1.37 Å². The van der Waals surface area contributed by atoms with Gasteiger partial charge in [-0.05, 0) is 12.1 Å². The second-order valence-electron chi connectivity index (χ2n) is 2.25. The molecule has 0 heterocycles. The van der Waals surface area contributed by atoms with Crippen LogP contribution >= 0.6 is 0 Å². The Morgan fingerprint density at radius 3 is 3.00 bits per heavy atom. The van der Waals surface area contributed by atoms with Crippen LogP contribution in [0.4, 0.5) is 5.69 Å². The minimum absolute atomic E-state index is 0.340. The number of amides is 1. The average molecular weight is 164 g/mol. The number of anilines is 1. The normalized spacial score (nSPS) is 10.2. The van der Waals surface area contributed by atoms with Gasteiger partial charge in [-0.1, -0.05) is 12.1 Å². The first-order valence-electron chi connectivity index (χ1n) is 4.12. The second-order valence-corrected chi connectivity index (χ2v) is 2.25. The van der Waals surface area contributed by atoms with Gasteiger partial charge >= 0.3 is 0 Å². The number of para-hydroxylation sites is 1. The highest BCUT2D eigenvalue weighted by molar-refractivity contribution is 5.95. The van der Waals surface area contributed by atoms with Crippen LogP contribution < -0.4 is 5.32 Å². The summed E-state index contributed by atoms with van der Waals surface area (Å²) in [6, 6.07) is 6.65. The van der Waals surface area contributed by atoms with Gasteiger partial charge in [-0.15, -0.1) is 0 Å². The third kappa shape index (κ3) is 1.92. The van der Waals surface area contributed by atoms with Gasteiger partial charge in [0.05, 0.1) is 5.69 Å². The Labute approximate surface area is 71.8 Å². The van der Waals surface area contributed by atoms with Gasteiger partial charge in [0, 0.05) is 13.8 Å². The standard InChI is InChI=1S/C9H9NO2/c1-7(12)10-9-5-3-2-4-8(9)6-11/h2-6H,1H3,(H,10,12)/i1D. The second kappa shape index (κ2) is 3.67. The molecule has 1 N–H and O–H groups in total. The van der Waals surface area contributed by atoms with Gasteiger partial charge in [-0.3, -0.25) is 9.59 Å². The Balaban J connectivity index is 2.87. The van der Waals surface area contributed by atoms with E-state index in [1.165, 1.54) is 0 Å². The van der Waals surface area contributed by atoms with E-state index in [-0.39, 0.29) is 6.90 Å². The first-order chi connectivity index (χ1) is 6.27. The predicted octanol–water partition coefficient (Wildman–Crippen LogP) is 1.46. The fraction of sp³-hybridized carbons (Fsp3) is 0.111. The molecule has 1 aromatic carbocycles. The summed E-state index contributed by atoms with van der Waals surface area (Å²) >= 11 is 0. The van der Waals surface area contributed by atoms with E-state index < -0.39 is 5.91 Å². The molecule has 62 valence electrons. The number of benzene rings is 1. The molecule has 0 spiro atoms. The van der Waals surface area contributed by atoms with Crippen LogP contribution in [0.3, 0.4) is 0 Å². The Morgan fingerprint density at radius 1 is 1.58 bits per heavy atom. The fourth-order valence-corrected chi connectivity index (χ4v) is 0.864. The van der Waals surface area contributed by atoms with E-state index >= 15 is 0 Å². The molecule has 0 saturated heterocycles. The van der Waals surface area contributed by atoms with Crippen molar-refractivity contribution >= 4 is 17.9 Å². The van der Waals surface area contributed by atoms with Crippen LogP contribution in [-0.2, 0) is 4.79 Å². The van der Waals surface area contributed by atoms with Crippen LogP contribution in [-0.4, -0.2) is 12.2 Å². The van der Waals surface area contributed by atoms with Crippen LogP contribution in [0.5, 0.6) is 0 Å². The maximum Gasteiger partial charge on any atom is 0.221 e. The van der Waals surface area contributed by atoms with Crippen molar-refractivity contribution in [1.82, 2.24) is 0 Å². The van der Waals surface area contributed by atoms with Gasteiger partial charge < -0.3 is 5.32 Å². The number of aldehydes is 1. The van der Waals surface area contributed by atoms with Gasteiger partial charge in [0.15, 0.2) is 6.29 Å². The summed E-state index contributed by atoms with van der Waals surface area (Å²) in [5.41, 5.74) is 0.874. The number of hydrogen-bond acceptors (Lipinski definition) is 2. The van der Waals surface area contributed by atoms with E-state index in [2.05, 4.69) is 5.32 Å². The number of hydrogen-bond donors (Lipinski definition) is 1. The van der Waals surface area contributed by atoms with Crippen LogP contribution in [0.25, 0.3) is 0 Å². The van der Waals surface area contributed by atoms with E-state index in [9.17, 15) is 9.59 Å². The first-order valence-corrected chi connectivity index (χ1v) is 3.41. The molecule has 0 radical (unpaired) electrons. The smallest absolute Gasteiger partial charge is 0.221 e. The molecule has 0 aromatic heterocycles. The summed E-state index contributed by atoms with van der Waals surface area (Å²) in [6.07, 6.45) is 0.666. The van der Waals surface area contributed by atoms with E-state index in [1.54, 1.807) is 24.3 Å². The van der Waals surface area contributed by atoms with Crippen LogP contribution in [0, 0.1) is 0 Å². The molecule has 3 heteroatoms. The van der Waals surface area contributed by atoms with Gasteiger partial charge in [0.25, 0.3) is 0 Å². The highest BCUT2D eigenvalue weighted by atomic mass is 16.1. The monoisotopic (exact) mass is 164 g/mol. The lowest BCUT2D eigenvalue weighted by molar-refractivity contribution is -0.114. The zero-order valence-corrected chi connectivity index (χ0v) is 6.41. The van der Waals surface area contributed by atoms with Crippen LogP contribution in [0.15, 0.2) is 24.3 Å². The molecule has 12 heavy (non-hydrogen) atoms. The number of carbonyl (C=O) groups is 2. The van der Waals surface area contributed by atoms with Crippen molar-refractivity contribution in [2.24, 2.45) is 0 Å². The van der Waals surface area contributed by atoms with Crippen molar-refractivity contribution in [3.8, 4) is 0 Å². The SMILES string of the molecule is [2H]CC(=O)Nc1ccccc1C=O. The topological polar surface area (TPSA) is 46.2 Å². The minimum Gasteiger partial charge on any atom is -0.326 e. The zero-order chi connectivity index (χ0) is 9.68. The largest absolute Gasteiger partial charge is 0.326 e. The molecule has 0 bridgehead atoms. The van der Waals surface area contributed by atoms with E-state index in [0.717, 1.165) is 0 Å². The van der Waals surface area contributed by atoms with Crippen molar-refractivity contribution in [3.05, 3.63) is 29.8 Å². The van der Waals surface area contributed by atoms with Crippen LogP contribution in [0.1, 0.15) is 18.6 Å². The maximum atomic E-state index is 10.8. The van der Waals surface area contributed by atoms with Crippen molar-refractivity contribution in [2.75, 3.05) is 5.32 Å². The van der Waals surface area contributed by atoms with Crippen molar-refractivity contribution in [3.63, 3.8) is 0 Å². The summed E-state index contributed by atoms with van der Waals surface area (Å²) in [6.45, 7) is -0.340. The quantitative estimate of drug-likeness (QED) is 0.672. The molecule has 0 saturated carbocycles. The maximum absolute atomic E-state index is 10.8. The highest BCUT2D eigenvalue weighted by Gasteiger charge is 2.00. The molecule has 3 nitrogen and oxygen atoms in total. The minimum atomic E-state index is -0.422. The summed E-state index contributed by atoms with van der Waals surface area (Å²) in [5.74, 6) is -0.422. The van der Waals surface area contributed by atoms with E-state index in [0.29, 0.717) is 17.5 Å². The Hall–Kier alpha value is -1.64. The molecular weight excluding hydrogens is 154 g/mol. The molecule has 0 unspecified atom stereocenters. The van der Waals surface area contributed by atoms with Gasteiger partial charge in [-0.25, -0.2) is 0 Å². The Kier molecular flexibility index (Phi) is 2.15. The first kappa shape index (κ1) is 7.03. The lowest BCUT2D eigenvalue weighted by atomic mass is 10.2. The molecule has 1 rings (SSSR count). The van der Waals surface area contributed by atoms with Gasteiger partial charge in [0.2, 0.25) is 5.91 Å². The lowest BCUT2D eigenvalue weighted by Gasteiger charge is -2.03. The molecule has 0 aliphatic heterocycles. The lowest BCUT2D eigenvalue weighted by Crippen LogP contribution is -2.07. The summed E-state index contributed by atoms with van der Waals surface area (Å²) in [4.78, 5) is 21.3. The Morgan fingerprint density at radius 2 is 2.33 bits per heavy atom. The summed E-state index contributed by atoms with van der Waals surface area (Å²) < 4.78 is 6.79. The molecule has 1 amide bonds. The summed E-state index contributed by atoms with van der Waals surface area (Å²) in [5, 5.41) is 2.45. The number of carbonyl (C=O) groups excluding carboxylic acids is 2. The van der Waals surface area contributed by atoms with Gasteiger partial charge in [0.1, 0.15) is 0 Å². The van der Waals surface area contributed by atoms with Crippen molar-refractivity contribution in [2.45, 2.75) is 6.90 Å². The highest BCUT2D eigenvalue weighted by Crippen LogP contribution is 2.11. The third-order valence-electron chi connectivity index (χ3n) is 1.36. The molecular formula is C9H9NO2. The number of nitrogens with one attached hydrogen (secondary N) is 1. The predicted molar refractivity (Wildman–Crippen MR) is 46.1 cm³/mol.